The molecule has 21 heavy (non-hydrogen) atoms. The molecular weight excluding hydrogens is 264 g/mol. The Morgan fingerprint density at radius 2 is 2.24 bits per heavy atom. The highest BCUT2D eigenvalue weighted by Gasteiger charge is 2.21. The summed E-state index contributed by atoms with van der Waals surface area (Å²) in [5, 5.41) is 3.44. The lowest BCUT2D eigenvalue weighted by molar-refractivity contribution is -0.117. The van der Waals surface area contributed by atoms with Crippen LogP contribution in [0.3, 0.4) is 0 Å². The Kier molecular flexibility index (Phi) is 3.64. The van der Waals surface area contributed by atoms with Gasteiger partial charge in [-0.05, 0) is 31.5 Å². The summed E-state index contributed by atoms with van der Waals surface area (Å²) in [5.41, 5.74) is 1.97. The van der Waals surface area contributed by atoms with Crippen LogP contribution in [0.2, 0.25) is 0 Å². The van der Waals surface area contributed by atoms with Gasteiger partial charge in [-0.3, -0.25) is 4.79 Å². The molecule has 1 aliphatic heterocycles. The second kappa shape index (κ2) is 5.60. The number of rotatable bonds is 4. The van der Waals surface area contributed by atoms with Crippen molar-refractivity contribution in [3.05, 3.63) is 42.5 Å². The number of nitrogens with one attached hydrogen (secondary N) is 1. The monoisotopic (exact) mass is 284 g/mol. The fourth-order valence-electron chi connectivity index (χ4n) is 2.79. The van der Waals surface area contributed by atoms with E-state index >= 15 is 0 Å². The smallest absolute Gasteiger partial charge is 0.227 e. The van der Waals surface area contributed by atoms with Crippen molar-refractivity contribution in [1.82, 2.24) is 9.55 Å². The Hall–Kier alpha value is -2.30. The maximum atomic E-state index is 11.8. The molecule has 5 heteroatoms. The summed E-state index contributed by atoms with van der Waals surface area (Å²) >= 11 is 0. The molecule has 0 bridgehead atoms. The number of hydrogen-bond donors (Lipinski definition) is 1. The third kappa shape index (κ3) is 2.77. The van der Waals surface area contributed by atoms with Gasteiger partial charge in [0, 0.05) is 43.8 Å². The molecule has 110 valence electrons. The van der Waals surface area contributed by atoms with E-state index in [0.29, 0.717) is 6.42 Å². The number of benzene rings is 1. The Morgan fingerprint density at radius 3 is 2.90 bits per heavy atom. The first-order chi connectivity index (χ1) is 10.1. The second-order valence-corrected chi connectivity index (χ2v) is 5.46. The summed E-state index contributed by atoms with van der Waals surface area (Å²) in [6.45, 7) is 2.90. The Morgan fingerprint density at radius 1 is 1.38 bits per heavy atom. The topological polar surface area (TPSA) is 50.2 Å². The number of aromatic nitrogens is 2. The summed E-state index contributed by atoms with van der Waals surface area (Å²) in [7, 11) is 1.99. The maximum absolute atomic E-state index is 11.8. The molecule has 1 aromatic carbocycles. The molecule has 2 heterocycles. The fraction of sp³-hybridized carbons (Fsp3) is 0.375. The van der Waals surface area contributed by atoms with E-state index in [9.17, 15) is 4.79 Å². The van der Waals surface area contributed by atoms with Crippen LogP contribution in [0.1, 0.15) is 31.6 Å². The Bertz CT molecular complexity index is 649. The minimum atomic E-state index is 0.106. The van der Waals surface area contributed by atoms with Gasteiger partial charge in [0.25, 0.3) is 0 Å². The number of aryl methyl sites for hydroxylation is 1. The normalized spacial score (nSPS) is 16.3. The van der Waals surface area contributed by atoms with Crippen LogP contribution >= 0.6 is 0 Å². The quantitative estimate of drug-likeness (QED) is 0.939. The van der Waals surface area contributed by atoms with Gasteiger partial charge in [-0.1, -0.05) is 6.07 Å². The molecule has 1 aliphatic rings. The average Bonchev–Trinajstić information content (AvgIpc) is 3.07. The maximum Gasteiger partial charge on any atom is 0.227 e. The van der Waals surface area contributed by atoms with E-state index in [-0.39, 0.29) is 11.9 Å². The number of carbonyl (C=O) groups is 1. The fourth-order valence-corrected chi connectivity index (χ4v) is 2.79. The third-order valence-electron chi connectivity index (χ3n) is 3.86. The van der Waals surface area contributed by atoms with Crippen molar-refractivity contribution in [3.8, 4) is 0 Å². The molecule has 5 nitrogen and oxygen atoms in total. The van der Waals surface area contributed by atoms with Crippen molar-refractivity contribution in [2.45, 2.75) is 25.8 Å². The largest absolute Gasteiger partial charge is 0.375 e. The van der Waals surface area contributed by atoms with E-state index in [2.05, 4.69) is 17.2 Å². The van der Waals surface area contributed by atoms with Gasteiger partial charge >= 0.3 is 0 Å². The summed E-state index contributed by atoms with van der Waals surface area (Å²) in [5.74, 6) is 1.20. The summed E-state index contributed by atoms with van der Waals surface area (Å²) in [4.78, 5) is 18.0. The van der Waals surface area contributed by atoms with Crippen molar-refractivity contribution in [2.75, 3.05) is 16.8 Å². The highest BCUT2D eigenvalue weighted by molar-refractivity contribution is 5.95. The molecule has 3 rings (SSSR count). The summed E-state index contributed by atoms with van der Waals surface area (Å²) in [6, 6.07) is 8.12. The van der Waals surface area contributed by atoms with Crippen molar-refractivity contribution >= 4 is 17.3 Å². The number of amides is 1. The summed E-state index contributed by atoms with van der Waals surface area (Å²) in [6.07, 6.45) is 5.33. The predicted octanol–water partition coefficient (Wildman–Crippen LogP) is 2.72. The standard InChI is InChI=1S/C16H20N4O/c1-12(16-17-8-10-19(16)2)18-13-5-3-6-14(11-13)20-9-4-7-15(20)21/h3,5-6,8,10-12,18H,4,7,9H2,1-2H3. The molecule has 1 atom stereocenters. The molecule has 1 fully saturated rings. The van der Waals surface area contributed by atoms with Crippen LogP contribution in [0, 0.1) is 0 Å². The molecule has 0 spiro atoms. The number of imidazole rings is 1. The lowest BCUT2D eigenvalue weighted by Crippen LogP contribution is -2.23. The molecular formula is C16H20N4O. The minimum absolute atomic E-state index is 0.106. The van der Waals surface area contributed by atoms with Gasteiger partial charge in [-0.25, -0.2) is 4.98 Å². The van der Waals surface area contributed by atoms with Gasteiger partial charge in [-0.15, -0.1) is 0 Å². The van der Waals surface area contributed by atoms with E-state index in [4.69, 9.17) is 0 Å². The first-order valence-electron chi connectivity index (χ1n) is 7.29. The summed E-state index contributed by atoms with van der Waals surface area (Å²) < 4.78 is 2.01. The van der Waals surface area contributed by atoms with Crippen molar-refractivity contribution in [1.29, 1.82) is 0 Å². The first kappa shape index (κ1) is 13.7. The zero-order valence-corrected chi connectivity index (χ0v) is 12.4. The number of anilines is 2. The van der Waals surface area contributed by atoms with Crippen LogP contribution in [0.4, 0.5) is 11.4 Å². The van der Waals surface area contributed by atoms with Crippen molar-refractivity contribution in [3.63, 3.8) is 0 Å². The van der Waals surface area contributed by atoms with Crippen molar-refractivity contribution in [2.24, 2.45) is 7.05 Å². The van der Waals surface area contributed by atoms with E-state index in [1.54, 1.807) is 6.20 Å². The number of nitrogens with zero attached hydrogens (tertiary/aromatic N) is 3. The lowest BCUT2D eigenvalue weighted by atomic mass is 10.2. The number of hydrogen-bond acceptors (Lipinski definition) is 3. The predicted molar refractivity (Wildman–Crippen MR) is 83.3 cm³/mol. The lowest BCUT2D eigenvalue weighted by Gasteiger charge is -2.19. The molecule has 2 aromatic rings. The molecule has 1 aromatic heterocycles. The average molecular weight is 284 g/mol. The molecule has 1 unspecified atom stereocenters. The molecule has 1 N–H and O–H groups in total. The molecule has 1 amide bonds. The highest BCUT2D eigenvalue weighted by atomic mass is 16.2. The highest BCUT2D eigenvalue weighted by Crippen LogP contribution is 2.26. The molecule has 0 aliphatic carbocycles. The second-order valence-electron chi connectivity index (χ2n) is 5.46. The van der Waals surface area contributed by atoms with Crippen LogP contribution in [0.15, 0.2) is 36.7 Å². The SMILES string of the molecule is CC(Nc1cccc(N2CCCC2=O)c1)c1nccn1C. The van der Waals surface area contributed by atoms with E-state index in [1.807, 2.05) is 47.0 Å². The zero-order chi connectivity index (χ0) is 14.8. The molecule has 1 saturated heterocycles. The van der Waals surface area contributed by atoms with Crippen molar-refractivity contribution < 1.29 is 4.79 Å². The van der Waals surface area contributed by atoms with E-state index in [1.165, 1.54) is 0 Å². The van der Waals surface area contributed by atoms with Crippen LogP contribution < -0.4 is 10.2 Å². The van der Waals surface area contributed by atoms with Gasteiger partial charge in [0.2, 0.25) is 5.91 Å². The number of carbonyl (C=O) groups excluding carboxylic acids is 1. The van der Waals surface area contributed by atoms with Gasteiger partial charge < -0.3 is 14.8 Å². The van der Waals surface area contributed by atoms with E-state index in [0.717, 1.165) is 30.2 Å². The van der Waals surface area contributed by atoms with Gasteiger partial charge in [0.1, 0.15) is 5.82 Å². The van der Waals surface area contributed by atoms with Crippen LogP contribution in [-0.4, -0.2) is 22.0 Å². The minimum Gasteiger partial charge on any atom is -0.375 e. The zero-order valence-electron chi connectivity index (χ0n) is 12.4. The van der Waals surface area contributed by atoms with Gasteiger partial charge in [0.05, 0.1) is 6.04 Å². The molecule has 0 radical (unpaired) electrons. The van der Waals surface area contributed by atoms with Crippen LogP contribution in [0.5, 0.6) is 0 Å². The third-order valence-corrected chi connectivity index (χ3v) is 3.86. The molecule has 0 saturated carbocycles. The van der Waals surface area contributed by atoms with Gasteiger partial charge in [0.15, 0.2) is 0 Å². The Balaban J connectivity index is 1.77. The van der Waals surface area contributed by atoms with Gasteiger partial charge in [-0.2, -0.15) is 0 Å². The van der Waals surface area contributed by atoms with E-state index < -0.39 is 0 Å². The van der Waals surface area contributed by atoms with Crippen LogP contribution in [-0.2, 0) is 11.8 Å². The van der Waals surface area contributed by atoms with Crippen LogP contribution in [0.25, 0.3) is 0 Å². The first-order valence-corrected chi connectivity index (χ1v) is 7.29. The Labute approximate surface area is 124 Å².